The summed E-state index contributed by atoms with van der Waals surface area (Å²) >= 11 is 1.80. The maximum Gasteiger partial charge on any atom is 0.227 e. The van der Waals surface area contributed by atoms with Crippen molar-refractivity contribution in [1.82, 2.24) is 4.90 Å². The molecule has 4 nitrogen and oxygen atoms in total. The lowest BCUT2D eigenvalue weighted by atomic mass is 9.97. The highest BCUT2D eigenvalue weighted by atomic mass is 32.1. The van der Waals surface area contributed by atoms with Gasteiger partial charge >= 0.3 is 0 Å². The Balaban J connectivity index is 1.69. The number of hydrogen-bond acceptors (Lipinski definition) is 3. The van der Waals surface area contributed by atoms with E-state index >= 15 is 0 Å². The Kier molecular flexibility index (Phi) is 5.00. The number of rotatable bonds is 4. The summed E-state index contributed by atoms with van der Waals surface area (Å²) in [6.07, 6.45) is 2.30. The van der Waals surface area contributed by atoms with E-state index in [4.69, 9.17) is 0 Å². The van der Waals surface area contributed by atoms with Crippen molar-refractivity contribution in [3.8, 4) is 0 Å². The van der Waals surface area contributed by atoms with Crippen LogP contribution in [0.4, 0.5) is 5.69 Å². The monoisotopic (exact) mass is 342 g/mol. The lowest BCUT2D eigenvalue weighted by molar-refractivity contribution is -0.133. The molecule has 0 aliphatic carbocycles. The van der Waals surface area contributed by atoms with Gasteiger partial charge in [0.2, 0.25) is 11.8 Å². The molecule has 1 atom stereocenters. The predicted octanol–water partition coefficient (Wildman–Crippen LogP) is 3.79. The van der Waals surface area contributed by atoms with Crippen LogP contribution in [0.1, 0.15) is 42.3 Å². The number of nitrogens with zero attached hydrogens (tertiary/aromatic N) is 1. The standard InChI is InChI=1S/C19H22N2O2S/c1-3-17-16-9-11-24-18(16)8-10-21(17)19(23)12-14-4-6-15(7-5-14)20-13(2)22/h4-7,9,11,17H,3,8,10,12H2,1-2H3,(H,20,22). The lowest BCUT2D eigenvalue weighted by Crippen LogP contribution is -2.40. The van der Waals surface area contributed by atoms with E-state index in [-0.39, 0.29) is 17.9 Å². The zero-order chi connectivity index (χ0) is 17.1. The largest absolute Gasteiger partial charge is 0.335 e. The summed E-state index contributed by atoms with van der Waals surface area (Å²) in [6.45, 7) is 4.42. The van der Waals surface area contributed by atoms with E-state index < -0.39 is 0 Å². The maximum atomic E-state index is 12.8. The second kappa shape index (κ2) is 7.18. The molecular weight excluding hydrogens is 320 g/mol. The summed E-state index contributed by atoms with van der Waals surface area (Å²) < 4.78 is 0. The van der Waals surface area contributed by atoms with Crippen molar-refractivity contribution in [2.45, 2.75) is 39.2 Å². The lowest BCUT2D eigenvalue weighted by Gasteiger charge is -2.35. The normalized spacial score (nSPS) is 16.6. The number of carbonyl (C=O) groups excluding carboxylic acids is 2. The van der Waals surface area contributed by atoms with Gasteiger partial charge in [0.1, 0.15) is 0 Å². The Labute approximate surface area is 146 Å². The smallest absolute Gasteiger partial charge is 0.227 e. The summed E-state index contributed by atoms with van der Waals surface area (Å²) in [5, 5.41) is 4.87. The molecule has 0 radical (unpaired) electrons. The molecule has 1 aromatic carbocycles. The minimum Gasteiger partial charge on any atom is -0.335 e. The second-order valence-electron chi connectivity index (χ2n) is 6.12. The highest BCUT2D eigenvalue weighted by molar-refractivity contribution is 7.10. The van der Waals surface area contributed by atoms with E-state index in [1.165, 1.54) is 17.4 Å². The van der Waals surface area contributed by atoms with E-state index in [2.05, 4.69) is 23.7 Å². The van der Waals surface area contributed by atoms with Gasteiger partial charge in [0.05, 0.1) is 12.5 Å². The first-order valence-electron chi connectivity index (χ1n) is 8.30. The molecule has 1 aliphatic heterocycles. The van der Waals surface area contributed by atoms with Gasteiger partial charge in [-0.3, -0.25) is 9.59 Å². The highest BCUT2D eigenvalue weighted by Gasteiger charge is 2.30. The summed E-state index contributed by atoms with van der Waals surface area (Å²) in [4.78, 5) is 27.3. The molecule has 5 heteroatoms. The maximum absolute atomic E-state index is 12.8. The van der Waals surface area contributed by atoms with Crippen LogP contribution in [0.5, 0.6) is 0 Å². The molecule has 2 heterocycles. The summed E-state index contributed by atoms with van der Waals surface area (Å²) in [7, 11) is 0. The molecule has 0 spiro atoms. The van der Waals surface area contributed by atoms with Gasteiger partial charge in [-0.05, 0) is 47.5 Å². The molecule has 0 bridgehead atoms. The third-order valence-corrected chi connectivity index (χ3v) is 5.43. The Morgan fingerprint density at radius 1 is 1.25 bits per heavy atom. The first kappa shape index (κ1) is 16.7. The highest BCUT2D eigenvalue weighted by Crippen LogP contribution is 2.35. The molecule has 1 N–H and O–H groups in total. The molecule has 24 heavy (non-hydrogen) atoms. The van der Waals surface area contributed by atoms with Gasteiger partial charge in [-0.2, -0.15) is 0 Å². The number of thiophene rings is 1. The van der Waals surface area contributed by atoms with E-state index in [0.29, 0.717) is 6.42 Å². The molecule has 2 amide bonds. The van der Waals surface area contributed by atoms with E-state index in [9.17, 15) is 9.59 Å². The third-order valence-electron chi connectivity index (χ3n) is 4.43. The summed E-state index contributed by atoms with van der Waals surface area (Å²) in [6, 6.07) is 9.86. The molecular formula is C19H22N2O2S. The molecule has 0 saturated heterocycles. The predicted molar refractivity (Wildman–Crippen MR) is 97.2 cm³/mol. The summed E-state index contributed by atoms with van der Waals surface area (Å²) in [5.74, 6) is 0.0791. The number of amides is 2. The van der Waals surface area contributed by atoms with Crippen LogP contribution in [0.15, 0.2) is 35.7 Å². The van der Waals surface area contributed by atoms with Crippen molar-refractivity contribution >= 4 is 28.8 Å². The van der Waals surface area contributed by atoms with Crippen LogP contribution in [-0.2, 0) is 22.4 Å². The summed E-state index contributed by atoms with van der Waals surface area (Å²) in [5.41, 5.74) is 3.05. The number of hydrogen-bond donors (Lipinski definition) is 1. The van der Waals surface area contributed by atoms with Gasteiger partial charge in [-0.25, -0.2) is 0 Å². The number of nitrogens with one attached hydrogen (secondary N) is 1. The third kappa shape index (κ3) is 3.51. The van der Waals surface area contributed by atoms with E-state index in [1.54, 1.807) is 11.3 Å². The van der Waals surface area contributed by atoms with Crippen LogP contribution in [0, 0.1) is 0 Å². The van der Waals surface area contributed by atoms with Gasteiger partial charge in [-0.15, -0.1) is 11.3 Å². The van der Waals surface area contributed by atoms with Crippen molar-refractivity contribution in [1.29, 1.82) is 0 Å². The first-order chi connectivity index (χ1) is 11.6. The van der Waals surface area contributed by atoms with Crippen molar-refractivity contribution in [2.24, 2.45) is 0 Å². The van der Waals surface area contributed by atoms with Crippen molar-refractivity contribution in [3.05, 3.63) is 51.7 Å². The molecule has 0 saturated carbocycles. The number of fused-ring (bicyclic) bond motifs is 1. The number of benzene rings is 1. The zero-order valence-electron chi connectivity index (χ0n) is 14.0. The van der Waals surface area contributed by atoms with Crippen LogP contribution >= 0.6 is 11.3 Å². The SMILES string of the molecule is CCC1c2ccsc2CCN1C(=O)Cc1ccc(NC(C)=O)cc1. The molecule has 1 aromatic heterocycles. The zero-order valence-corrected chi connectivity index (χ0v) is 14.9. The molecule has 3 rings (SSSR count). The minimum atomic E-state index is -0.0931. The molecule has 1 unspecified atom stereocenters. The molecule has 0 fully saturated rings. The van der Waals surface area contributed by atoms with Crippen molar-refractivity contribution in [2.75, 3.05) is 11.9 Å². The van der Waals surface area contributed by atoms with Gasteiger partial charge < -0.3 is 10.2 Å². The quantitative estimate of drug-likeness (QED) is 0.919. The Hall–Kier alpha value is -2.14. The molecule has 1 aliphatic rings. The Morgan fingerprint density at radius 2 is 2.00 bits per heavy atom. The average Bonchev–Trinajstić information content (AvgIpc) is 3.03. The molecule has 126 valence electrons. The van der Waals surface area contributed by atoms with Gasteiger partial charge in [0, 0.05) is 24.0 Å². The van der Waals surface area contributed by atoms with Crippen LogP contribution in [-0.4, -0.2) is 23.3 Å². The van der Waals surface area contributed by atoms with Gasteiger partial charge in [0.15, 0.2) is 0 Å². The van der Waals surface area contributed by atoms with E-state index in [1.807, 2.05) is 29.2 Å². The Bertz CT molecular complexity index is 736. The fraction of sp³-hybridized carbons (Fsp3) is 0.368. The van der Waals surface area contributed by atoms with Gasteiger partial charge in [0.25, 0.3) is 0 Å². The second-order valence-corrected chi connectivity index (χ2v) is 7.12. The Morgan fingerprint density at radius 3 is 2.67 bits per heavy atom. The fourth-order valence-electron chi connectivity index (χ4n) is 3.32. The average molecular weight is 342 g/mol. The van der Waals surface area contributed by atoms with Crippen LogP contribution in [0.25, 0.3) is 0 Å². The topological polar surface area (TPSA) is 49.4 Å². The van der Waals surface area contributed by atoms with Crippen LogP contribution in [0.2, 0.25) is 0 Å². The van der Waals surface area contributed by atoms with Crippen molar-refractivity contribution < 1.29 is 9.59 Å². The van der Waals surface area contributed by atoms with Crippen molar-refractivity contribution in [3.63, 3.8) is 0 Å². The first-order valence-corrected chi connectivity index (χ1v) is 9.18. The minimum absolute atomic E-state index is 0.0931. The van der Waals surface area contributed by atoms with Crippen LogP contribution in [0.3, 0.4) is 0 Å². The number of carbonyl (C=O) groups is 2. The molecule has 2 aromatic rings. The number of anilines is 1. The van der Waals surface area contributed by atoms with E-state index in [0.717, 1.165) is 30.6 Å². The van der Waals surface area contributed by atoms with Gasteiger partial charge in [-0.1, -0.05) is 19.1 Å². The fourth-order valence-corrected chi connectivity index (χ4v) is 4.25. The van der Waals surface area contributed by atoms with Crippen LogP contribution < -0.4 is 5.32 Å².